The summed E-state index contributed by atoms with van der Waals surface area (Å²) in [5.41, 5.74) is 3.50. The lowest BCUT2D eigenvalue weighted by molar-refractivity contribution is 0.102. The zero-order valence-electron chi connectivity index (χ0n) is 10.7. The molecule has 1 aromatic heterocycles. The first-order valence-electron chi connectivity index (χ1n) is 6.27. The second-order valence-electron chi connectivity index (χ2n) is 4.63. The molecule has 0 spiro atoms. The lowest BCUT2D eigenvalue weighted by atomic mass is 10.0. The highest BCUT2D eigenvalue weighted by Crippen LogP contribution is 2.25. The zero-order valence-corrected chi connectivity index (χ0v) is 10.7. The van der Waals surface area contributed by atoms with E-state index in [0.717, 1.165) is 30.8 Å². The fourth-order valence-electron chi connectivity index (χ4n) is 2.20. The third kappa shape index (κ3) is 2.42. The fraction of sp³-hybridized carbons (Fsp3) is 0.308. The van der Waals surface area contributed by atoms with Crippen molar-refractivity contribution >= 4 is 17.3 Å². The van der Waals surface area contributed by atoms with Gasteiger partial charge in [-0.15, -0.1) is 5.10 Å². The fourth-order valence-corrected chi connectivity index (χ4v) is 2.20. The first kappa shape index (κ1) is 11.7. The Labute approximate surface area is 110 Å². The number of carbonyl (C=O) groups excluding carboxylic acids is 1. The van der Waals surface area contributed by atoms with E-state index in [9.17, 15) is 4.79 Å². The van der Waals surface area contributed by atoms with E-state index in [1.165, 1.54) is 10.2 Å². The summed E-state index contributed by atoms with van der Waals surface area (Å²) in [4.78, 5) is 12.0. The van der Waals surface area contributed by atoms with Crippen LogP contribution in [0.1, 0.15) is 22.5 Å². The van der Waals surface area contributed by atoms with Gasteiger partial charge in [0.2, 0.25) is 0 Å². The lowest BCUT2D eigenvalue weighted by Gasteiger charge is -2.18. The second kappa shape index (κ2) is 4.72. The smallest absolute Gasteiger partial charge is 0.277 e. The van der Waals surface area contributed by atoms with Gasteiger partial charge in [0.15, 0.2) is 5.69 Å². The quantitative estimate of drug-likeness (QED) is 0.853. The normalized spacial score (nSPS) is 13.5. The van der Waals surface area contributed by atoms with Crippen molar-refractivity contribution in [1.29, 1.82) is 0 Å². The number of amides is 1. The topological polar surface area (TPSA) is 71.8 Å². The molecule has 0 saturated carbocycles. The molecule has 0 bridgehead atoms. The van der Waals surface area contributed by atoms with Crippen molar-refractivity contribution in [2.45, 2.75) is 12.8 Å². The van der Waals surface area contributed by atoms with Gasteiger partial charge in [-0.05, 0) is 36.6 Å². The summed E-state index contributed by atoms with van der Waals surface area (Å²) in [6.07, 6.45) is 3.75. The molecule has 98 valence electrons. The third-order valence-electron chi connectivity index (χ3n) is 3.14. The number of hydrogen-bond acceptors (Lipinski definition) is 4. The number of fused-ring (bicyclic) bond motifs is 1. The van der Waals surface area contributed by atoms with Gasteiger partial charge in [0.05, 0.1) is 6.20 Å². The van der Waals surface area contributed by atoms with Gasteiger partial charge in [-0.25, -0.2) is 0 Å². The van der Waals surface area contributed by atoms with Gasteiger partial charge in [-0.2, -0.15) is 0 Å². The number of nitrogens with one attached hydrogen (secondary N) is 2. The average molecular weight is 257 g/mol. The molecule has 0 fully saturated rings. The Morgan fingerprint density at radius 3 is 3.16 bits per heavy atom. The first-order chi connectivity index (χ1) is 9.22. The van der Waals surface area contributed by atoms with E-state index in [-0.39, 0.29) is 5.91 Å². The van der Waals surface area contributed by atoms with Crippen LogP contribution in [0.2, 0.25) is 0 Å². The molecule has 6 nitrogen and oxygen atoms in total. The summed E-state index contributed by atoms with van der Waals surface area (Å²) in [7, 11) is 1.73. The third-order valence-corrected chi connectivity index (χ3v) is 3.14. The van der Waals surface area contributed by atoms with E-state index < -0.39 is 0 Å². The van der Waals surface area contributed by atoms with Crippen LogP contribution < -0.4 is 10.6 Å². The molecule has 3 rings (SSSR count). The van der Waals surface area contributed by atoms with Crippen LogP contribution >= 0.6 is 0 Å². The maximum atomic E-state index is 12.0. The van der Waals surface area contributed by atoms with E-state index in [1.807, 2.05) is 18.2 Å². The predicted octanol–water partition coefficient (Wildman–Crippen LogP) is 1.43. The van der Waals surface area contributed by atoms with Crippen LogP contribution in [0.15, 0.2) is 24.4 Å². The highest BCUT2D eigenvalue weighted by atomic mass is 16.2. The summed E-state index contributed by atoms with van der Waals surface area (Å²) in [6, 6.07) is 5.90. The van der Waals surface area contributed by atoms with Crippen molar-refractivity contribution in [1.82, 2.24) is 15.0 Å². The molecule has 6 heteroatoms. The molecule has 2 aromatic rings. The maximum absolute atomic E-state index is 12.0. The molecule has 0 atom stereocenters. The largest absolute Gasteiger partial charge is 0.385 e. The Kier molecular flexibility index (Phi) is 2.91. The molecule has 2 heterocycles. The van der Waals surface area contributed by atoms with Crippen LogP contribution in [0.5, 0.6) is 0 Å². The van der Waals surface area contributed by atoms with Crippen molar-refractivity contribution in [3.05, 3.63) is 35.7 Å². The SMILES string of the molecule is Cn1cc(C(=O)Nc2ccc3c(c2)CCCN3)nn1. The molecule has 1 amide bonds. The Balaban J connectivity index is 1.78. The van der Waals surface area contributed by atoms with Gasteiger partial charge in [-0.3, -0.25) is 9.48 Å². The molecule has 0 unspecified atom stereocenters. The van der Waals surface area contributed by atoms with Crippen molar-refractivity contribution in [3.8, 4) is 0 Å². The number of aryl methyl sites for hydroxylation is 2. The summed E-state index contributed by atoms with van der Waals surface area (Å²) in [5, 5.41) is 13.7. The van der Waals surface area contributed by atoms with Crippen molar-refractivity contribution in [2.75, 3.05) is 17.2 Å². The van der Waals surface area contributed by atoms with Gasteiger partial charge >= 0.3 is 0 Å². The molecule has 2 N–H and O–H groups in total. The Morgan fingerprint density at radius 1 is 1.47 bits per heavy atom. The molecule has 19 heavy (non-hydrogen) atoms. The minimum atomic E-state index is -0.239. The van der Waals surface area contributed by atoms with Gasteiger partial charge in [-0.1, -0.05) is 5.21 Å². The van der Waals surface area contributed by atoms with E-state index in [2.05, 4.69) is 20.9 Å². The molecule has 0 aliphatic carbocycles. The van der Waals surface area contributed by atoms with Crippen molar-refractivity contribution in [3.63, 3.8) is 0 Å². The summed E-state index contributed by atoms with van der Waals surface area (Å²) in [5.74, 6) is -0.239. The minimum Gasteiger partial charge on any atom is -0.385 e. The van der Waals surface area contributed by atoms with Gasteiger partial charge in [0, 0.05) is 25.0 Å². The summed E-state index contributed by atoms with van der Waals surface area (Å²) < 4.78 is 1.51. The van der Waals surface area contributed by atoms with Crippen LogP contribution in [0.4, 0.5) is 11.4 Å². The Hall–Kier alpha value is -2.37. The van der Waals surface area contributed by atoms with Gasteiger partial charge in [0.1, 0.15) is 0 Å². The van der Waals surface area contributed by atoms with Crippen LogP contribution in [-0.4, -0.2) is 27.4 Å². The number of nitrogens with zero attached hydrogens (tertiary/aromatic N) is 3. The van der Waals surface area contributed by atoms with Gasteiger partial charge < -0.3 is 10.6 Å². The minimum absolute atomic E-state index is 0.239. The number of rotatable bonds is 2. The number of aromatic nitrogens is 3. The van der Waals surface area contributed by atoms with Crippen molar-refractivity contribution < 1.29 is 4.79 Å². The van der Waals surface area contributed by atoms with E-state index in [0.29, 0.717) is 5.69 Å². The van der Waals surface area contributed by atoms with E-state index in [1.54, 1.807) is 13.2 Å². The number of carbonyl (C=O) groups is 1. The number of benzene rings is 1. The highest BCUT2D eigenvalue weighted by molar-refractivity contribution is 6.02. The second-order valence-corrected chi connectivity index (χ2v) is 4.63. The molecular weight excluding hydrogens is 242 g/mol. The molecule has 1 aromatic carbocycles. The number of hydrogen-bond donors (Lipinski definition) is 2. The van der Waals surface area contributed by atoms with E-state index >= 15 is 0 Å². The first-order valence-corrected chi connectivity index (χ1v) is 6.27. The van der Waals surface area contributed by atoms with Crippen molar-refractivity contribution in [2.24, 2.45) is 7.05 Å². The molecule has 0 radical (unpaired) electrons. The Bertz CT molecular complexity index is 619. The van der Waals surface area contributed by atoms with Crippen LogP contribution in [0.3, 0.4) is 0 Å². The predicted molar refractivity (Wildman–Crippen MR) is 72.2 cm³/mol. The Morgan fingerprint density at radius 2 is 2.37 bits per heavy atom. The van der Waals surface area contributed by atoms with Crippen LogP contribution in [0.25, 0.3) is 0 Å². The zero-order chi connectivity index (χ0) is 13.2. The molecule has 1 aliphatic rings. The molecular formula is C13H15N5O. The van der Waals surface area contributed by atoms with Crippen LogP contribution in [-0.2, 0) is 13.5 Å². The van der Waals surface area contributed by atoms with Gasteiger partial charge in [0.25, 0.3) is 5.91 Å². The summed E-state index contributed by atoms with van der Waals surface area (Å²) >= 11 is 0. The highest BCUT2D eigenvalue weighted by Gasteiger charge is 2.12. The molecule has 0 saturated heterocycles. The monoisotopic (exact) mass is 257 g/mol. The number of anilines is 2. The molecule has 1 aliphatic heterocycles. The average Bonchev–Trinajstić information content (AvgIpc) is 2.85. The van der Waals surface area contributed by atoms with Crippen LogP contribution in [0, 0.1) is 0 Å². The summed E-state index contributed by atoms with van der Waals surface area (Å²) in [6.45, 7) is 1.01. The van der Waals surface area contributed by atoms with E-state index in [4.69, 9.17) is 0 Å². The standard InChI is InChI=1S/C13H15N5O/c1-18-8-12(16-17-18)13(19)15-10-4-5-11-9(7-10)3-2-6-14-11/h4-5,7-8,14H,2-3,6H2,1H3,(H,15,19). The maximum Gasteiger partial charge on any atom is 0.277 e. The lowest BCUT2D eigenvalue weighted by Crippen LogP contribution is -2.15.